The Labute approximate surface area is 122 Å². The highest BCUT2D eigenvalue weighted by Gasteiger charge is 2.15. The lowest BCUT2D eigenvalue weighted by molar-refractivity contribution is 0.567. The van der Waals surface area contributed by atoms with Gasteiger partial charge in [0.25, 0.3) is 0 Å². The maximum Gasteiger partial charge on any atom is 0.182 e. The summed E-state index contributed by atoms with van der Waals surface area (Å²) in [4.78, 5) is 15.4. The Morgan fingerprint density at radius 1 is 1.24 bits per heavy atom. The van der Waals surface area contributed by atoms with Crippen LogP contribution in [0.3, 0.4) is 0 Å². The van der Waals surface area contributed by atoms with Gasteiger partial charge in [0.15, 0.2) is 5.43 Å². The summed E-state index contributed by atoms with van der Waals surface area (Å²) in [6.07, 6.45) is 8.05. The van der Waals surface area contributed by atoms with E-state index in [1.165, 1.54) is 18.5 Å². The Hall–Kier alpha value is -2.29. The molecule has 2 heterocycles. The minimum atomic E-state index is -0.00511. The van der Waals surface area contributed by atoms with Crippen LogP contribution in [0.25, 0.3) is 21.9 Å². The summed E-state index contributed by atoms with van der Waals surface area (Å²) >= 11 is 0. The second-order valence-electron chi connectivity index (χ2n) is 5.85. The average molecular weight is 279 g/mol. The zero-order valence-electron chi connectivity index (χ0n) is 12.0. The molecule has 1 atom stereocenters. The Balaban J connectivity index is 2.05. The monoisotopic (exact) mass is 279 g/mol. The van der Waals surface area contributed by atoms with Crippen molar-refractivity contribution in [2.75, 3.05) is 0 Å². The number of aryl methyl sites for hydroxylation is 1. The zero-order valence-corrected chi connectivity index (χ0v) is 12.0. The first-order valence-electron chi connectivity index (χ1n) is 7.44. The van der Waals surface area contributed by atoms with E-state index in [2.05, 4.69) is 23.2 Å². The molecule has 1 aliphatic rings. The van der Waals surface area contributed by atoms with E-state index in [-0.39, 0.29) is 5.43 Å². The normalized spacial score (nSPS) is 18.6. The number of hydrogen-bond donors (Lipinski definition) is 1. The molecule has 4 rings (SSSR count). The molecule has 2 aromatic heterocycles. The first-order chi connectivity index (χ1) is 10.2. The van der Waals surface area contributed by atoms with Gasteiger partial charge in [-0.1, -0.05) is 12.2 Å². The van der Waals surface area contributed by atoms with Gasteiger partial charge in [0.05, 0.1) is 5.52 Å². The quantitative estimate of drug-likeness (QED) is 0.671. The van der Waals surface area contributed by atoms with Crippen molar-refractivity contribution in [1.82, 2.24) is 4.98 Å². The first-order valence-corrected chi connectivity index (χ1v) is 7.44. The van der Waals surface area contributed by atoms with Gasteiger partial charge in [-0.15, -0.1) is 0 Å². The van der Waals surface area contributed by atoms with E-state index in [0.717, 1.165) is 28.5 Å². The van der Waals surface area contributed by atoms with Crippen LogP contribution in [0.5, 0.6) is 0 Å². The van der Waals surface area contributed by atoms with Crippen LogP contribution in [-0.2, 0) is 0 Å². The predicted molar refractivity (Wildman–Crippen MR) is 84.8 cm³/mol. The molecular formula is C18H17NO2. The molecule has 21 heavy (non-hydrogen) atoms. The lowest BCUT2D eigenvalue weighted by Crippen LogP contribution is -2.04. The summed E-state index contributed by atoms with van der Waals surface area (Å²) in [5.41, 5.74) is 2.88. The topological polar surface area (TPSA) is 46.0 Å². The van der Waals surface area contributed by atoms with Crippen LogP contribution >= 0.6 is 0 Å². The fraction of sp³-hybridized carbons (Fsp3) is 0.278. The number of aromatic nitrogens is 1. The van der Waals surface area contributed by atoms with E-state index in [4.69, 9.17) is 4.42 Å². The number of benzene rings is 1. The number of hydrogen-bond acceptors (Lipinski definition) is 2. The van der Waals surface area contributed by atoms with Crippen molar-refractivity contribution in [3.8, 4) is 0 Å². The highest BCUT2D eigenvalue weighted by molar-refractivity contribution is 6.06. The van der Waals surface area contributed by atoms with Gasteiger partial charge in [0.1, 0.15) is 11.3 Å². The minimum absolute atomic E-state index is 0.00511. The third kappa shape index (κ3) is 2.09. The van der Waals surface area contributed by atoms with E-state index in [0.29, 0.717) is 11.5 Å². The predicted octanol–water partition coefficient (Wildman–Crippen LogP) is 4.41. The molecule has 1 N–H and O–H groups in total. The van der Waals surface area contributed by atoms with Crippen molar-refractivity contribution in [1.29, 1.82) is 0 Å². The molecule has 1 aliphatic carbocycles. The molecule has 0 fully saturated rings. The Bertz CT molecular complexity index is 914. The number of aromatic amines is 1. The van der Waals surface area contributed by atoms with Crippen molar-refractivity contribution in [2.24, 2.45) is 0 Å². The van der Waals surface area contributed by atoms with Gasteiger partial charge in [-0.3, -0.25) is 4.79 Å². The van der Waals surface area contributed by atoms with E-state index in [9.17, 15) is 4.79 Å². The molecule has 0 bridgehead atoms. The standard InChI is InChI=1S/C18H17NO2/c1-11-7-16-18-13(8-14(20)10-17(18)21-11)9-15(19-16)12-5-3-2-4-6-12/h3,5,7-10,12,19H,2,4,6H2,1H3. The number of H-pyrrole nitrogens is 1. The highest BCUT2D eigenvalue weighted by Crippen LogP contribution is 2.32. The summed E-state index contributed by atoms with van der Waals surface area (Å²) in [6.45, 7) is 1.91. The van der Waals surface area contributed by atoms with E-state index >= 15 is 0 Å². The first kappa shape index (κ1) is 12.5. The van der Waals surface area contributed by atoms with Gasteiger partial charge in [0, 0.05) is 29.1 Å². The van der Waals surface area contributed by atoms with Gasteiger partial charge in [0.2, 0.25) is 0 Å². The van der Waals surface area contributed by atoms with Gasteiger partial charge in [-0.25, -0.2) is 0 Å². The second kappa shape index (κ2) is 4.62. The summed E-state index contributed by atoms with van der Waals surface area (Å²) in [7, 11) is 0. The molecule has 1 unspecified atom stereocenters. The average Bonchev–Trinajstić information content (AvgIpc) is 2.46. The van der Waals surface area contributed by atoms with Crippen LogP contribution in [0.1, 0.15) is 36.6 Å². The molecule has 0 amide bonds. The van der Waals surface area contributed by atoms with E-state index in [1.54, 1.807) is 12.1 Å². The van der Waals surface area contributed by atoms with Gasteiger partial charge in [-0.05, 0) is 43.7 Å². The van der Waals surface area contributed by atoms with Crippen LogP contribution in [0.15, 0.2) is 45.6 Å². The molecular weight excluding hydrogens is 262 g/mol. The van der Waals surface area contributed by atoms with Crippen LogP contribution < -0.4 is 5.43 Å². The molecule has 3 nitrogen and oxygen atoms in total. The third-order valence-corrected chi connectivity index (χ3v) is 4.24. The molecule has 106 valence electrons. The maximum absolute atomic E-state index is 11.9. The smallest absolute Gasteiger partial charge is 0.182 e. The van der Waals surface area contributed by atoms with Gasteiger partial charge < -0.3 is 9.40 Å². The largest absolute Gasteiger partial charge is 0.461 e. The molecule has 0 aliphatic heterocycles. The maximum atomic E-state index is 11.9. The molecule has 1 aromatic carbocycles. The molecule has 0 radical (unpaired) electrons. The lowest BCUT2D eigenvalue weighted by atomic mass is 9.91. The van der Waals surface area contributed by atoms with E-state index in [1.807, 2.05) is 13.0 Å². The fourth-order valence-electron chi connectivity index (χ4n) is 3.30. The Morgan fingerprint density at radius 3 is 2.95 bits per heavy atom. The van der Waals surface area contributed by atoms with Gasteiger partial charge >= 0.3 is 0 Å². The highest BCUT2D eigenvalue weighted by atomic mass is 16.3. The van der Waals surface area contributed by atoms with Crippen molar-refractivity contribution >= 4 is 21.9 Å². The van der Waals surface area contributed by atoms with Crippen LogP contribution in [0, 0.1) is 6.92 Å². The summed E-state index contributed by atoms with van der Waals surface area (Å²) < 4.78 is 5.70. The van der Waals surface area contributed by atoms with Crippen LogP contribution in [0.4, 0.5) is 0 Å². The summed E-state index contributed by atoms with van der Waals surface area (Å²) in [5, 5.41) is 1.97. The summed E-state index contributed by atoms with van der Waals surface area (Å²) in [6, 6.07) is 7.37. The number of rotatable bonds is 1. The fourth-order valence-corrected chi connectivity index (χ4v) is 3.30. The number of allylic oxidation sites excluding steroid dienone is 2. The Kier molecular flexibility index (Phi) is 2.74. The minimum Gasteiger partial charge on any atom is -0.461 e. The molecule has 0 spiro atoms. The van der Waals surface area contributed by atoms with Crippen molar-refractivity contribution < 1.29 is 4.42 Å². The SMILES string of the molecule is Cc1cc2[nH]c(C3C=CCCC3)cc3cc(=O)cc(o1)c32. The second-order valence-corrected chi connectivity index (χ2v) is 5.85. The number of nitrogens with one attached hydrogen (secondary N) is 1. The Morgan fingerprint density at radius 2 is 2.14 bits per heavy atom. The van der Waals surface area contributed by atoms with Crippen molar-refractivity contribution in [3.63, 3.8) is 0 Å². The zero-order chi connectivity index (χ0) is 14.4. The van der Waals surface area contributed by atoms with Crippen LogP contribution in [-0.4, -0.2) is 4.98 Å². The molecule has 3 heteroatoms. The van der Waals surface area contributed by atoms with E-state index < -0.39 is 0 Å². The van der Waals surface area contributed by atoms with Crippen LogP contribution in [0.2, 0.25) is 0 Å². The third-order valence-electron chi connectivity index (χ3n) is 4.24. The van der Waals surface area contributed by atoms with Crippen molar-refractivity contribution in [2.45, 2.75) is 32.1 Å². The molecule has 3 aromatic rings. The van der Waals surface area contributed by atoms with Gasteiger partial charge in [-0.2, -0.15) is 0 Å². The molecule has 0 saturated heterocycles. The summed E-state index contributed by atoms with van der Waals surface area (Å²) in [5.74, 6) is 1.22. The number of pyridine rings is 1. The van der Waals surface area contributed by atoms with Crippen molar-refractivity contribution in [3.05, 3.63) is 58.1 Å². The lowest BCUT2D eigenvalue weighted by Gasteiger charge is -2.18. The molecule has 0 saturated carbocycles.